The van der Waals surface area contributed by atoms with Crippen LogP contribution in [0, 0.1) is 11.3 Å². The maximum absolute atomic E-state index is 12.8. The van der Waals surface area contributed by atoms with Crippen LogP contribution in [-0.2, 0) is 13.6 Å². The molecule has 3 atom stereocenters. The van der Waals surface area contributed by atoms with E-state index in [4.69, 9.17) is 5.26 Å². The first-order valence-electron chi connectivity index (χ1n) is 11.7. The minimum atomic E-state index is -0.0621. The molecule has 1 saturated heterocycles. The zero-order valence-electron chi connectivity index (χ0n) is 20.0. The third-order valence-electron chi connectivity index (χ3n) is 7.17. The van der Waals surface area contributed by atoms with Gasteiger partial charge in [-0.05, 0) is 38.0 Å². The zero-order chi connectivity index (χ0) is 24.0. The molecule has 0 spiro atoms. The molecule has 0 bridgehead atoms. The molecule has 0 saturated carbocycles. The van der Waals surface area contributed by atoms with Crippen LogP contribution in [0.2, 0.25) is 0 Å². The second-order valence-corrected chi connectivity index (χ2v) is 10.0. The number of benzene rings is 1. The van der Waals surface area contributed by atoms with Crippen molar-refractivity contribution < 1.29 is 0 Å². The Bertz CT molecular complexity index is 1450. The van der Waals surface area contributed by atoms with Gasteiger partial charge in [-0.3, -0.25) is 14.4 Å². The molecule has 1 aliphatic rings. The minimum absolute atomic E-state index is 0.0621. The molecule has 0 unspecified atom stereocenters. The van der Waals surface area contributed by atoms with Crippen LogP contribution in [0.1, 0.15) is 38.8 Å². The van der Waals surface area contributed by atoms with Crippen molar-refractivity contribution in [2.24, 2.45) is 7.05 Å². The third-order valence-corrected chi connectivity index (χ3v) is 7.96. The first-order chi connectivity index (χ1) is 16.4. The fourth-order valence-electron chi connectivity index (χ4n) is 5.17. The summed E-state index contributed by atoms with van der Waals surface area (Å²) in [5.41, 5.74) is 6.59. The summed E-state index contributed by atoms with van der Waals surface area (Å²) in [7, 11) is 1.75. The van der Waals surface area contributed by atoms with E-state index in [1.165, 1.54) is 10.3 Å². The van der Waals surface area contributed by atoms with Gasteiger partial charge in [0.15, 0.2) is 0 Å². The standard InChI is InChI=1S/C25H29N7OS/c1-5-19-13-31(21-11-24(33)29(4)22-14-30(9-8-26)28-25(21)22)16(2)12-32(19)17(3)18-6-7-20-23(10-18)34-15-27-20/h6-7,10-11,14-17,19H,5,9,12-13H2,1-4H3/t16-,17-,19+/m0/s1. The summed E-state index contributed by atoms with van der Waals surface area (Å²) in [6.45, 7) is 8.59. The number of fused-ring (bicyclic) bond motifs is 2. The van der Waals surface area contributed by atoms with Gasteiger partial charge < -0.3 is 9.47 Å². The molecular weight excluding hydrogens is 446 g/mol. The van der Waals surface area contributed by atoms with Crippen LogP contribution in [0.4, 0.5) is 5.69 Å². The molecule has 5 rings (SSSR count). The van der Waals surface area contributed by atoms with Crippen LogP contribution in [0.5, 0.6) is 0 Å². The number of nitrogens with zero attached hydrogens (tertiary/aromatic N) is 7. The van der Waals surface area contributed by atoms with E-state index < -0.39 is 0 Å². The molecule has 34 heavy (non-hydrogen) atoms. The SMILES string of the molecule is CC[C@@H]1CN(c2cc(=O)n(C)c3cn(CC#N)nc23)[C@@H](C)CN1[C@@H](C)c1ccc2ncsc2c1. The number of piperazine rings is 1. The Labute approximate surface area is 202 Å². The van der Waals surface area contributed by atoms with E-state index in [0.717, 1.165) is 41.7 Å². The van der Waals surface area contributed by atoms with Gasteiger partial charge in [0, 0.05) is 44.3 Å². The van der Waals surface area contributed by atoms with E-state index in [0.29, 0.717) is 6.04 Å². The molecule has 0 N–H and O–H groups in total. The number of hydrogen-bond donors (Lipinski definition) is 0. The second-order valence-electron chi connectivity index (χ2n) is 9.16. The Hall–Kier alpha value is -3.22. The summed E-state index contributed by atoms with van der Waals surface area (Å²) in [6.07, 6.45) is 2.80. The van der Waals surface area contributed by atoms with E-state index in [-0.39, 0.29) is 24.2 Å². The van der Waals surface area contributed by atoms with E-state index in [1.54, 1.807) is 39.9 Å². The van der Waals surface area contributed by atoms with Gasteiger partial charge in [0.2, 0.25) is 0 Å². The normalized spacial score (nSPS) is 20.1. The number of aromatic nitrogens is 4. The quantitative estimate of drug-likeness (QED) is 0.435. The fourth-order valence-corrected chi connectivity index (χ4v) is 5.90. The van der Waals surface area contributed by atoms with Crippen LogP contribution in [0.3, 0.4) is 0 Å². The molecule has 0 amide bonds. The van der Waals surface area contributed by atoms with E-state index in [1.807, 2.05) is 5.51 Å². The topological polar surface area (TPSA) is 83.0 Å². The number of anilines is 1. The Balaban J connectivity index is 1.48. The fraction of sp³-hybridized carbons (Fsp3) is 0.440. The molecule has 0 radical (unpaired) electrons. The molecule has 0 aliphatic carbocycles. The Kier molecular flexibility index (Phi) is 5.88. The molecule has 9 heteroatoms. The molecule has 4 aromatic rings. The van der Waals surface area contributed by atoms with Crippen molar-refractivity contribution >= 4 is 38.3 Å². The van der Waals surface area contributed by atoms with Crippen molar-refractivity contribution in [3.05, 3.63) is 51.9 Å². The molecule has 1 fully saturated rings. The van der Waals surface area contributed by atoms with Gasteiger partial charge in [0.05, 0.1) is 39.2 Å². The molecular formula is C25H29N7OS. The number of hydrogen-bond acceptors (Lipinski definition) is 7. The Morgan fingerprint density at radius 3 is 2.88 bits per heavy atom. The van der Waals surface area contributed by atoms with Gasteiger partial charge >= 0.3 is 0 Å². The average Bonchev–Trinajstić information content (AvgIpc) is 3.48. The number of aryl methyl sites for hydroxylation is 1. The van der Waals surface area contributed by atoms with Crippen molar-refractivity contribution in [1.29, 1.82) is 5.26 Å². The highest BCUT2D eigenvalue weighted by molar-refractivity contribution is 7.16. The summed E-state index contributed by atoms with van der Waals surface area (Å²) in [5.74, 6) is 0. The van der Waals surface area contributed by atoms with Crippen molar-refractivity contribution in [3.8, 4) is 6.07 Å². The molecule has 3 aromatic heterocycles. The van der Waals surface area contributed by atoms with Crippen LogP contribution >= 0.6 is 11.3 Å². The van der Waals surface area contributed by atoms with Crippen LogP contribution < -0.4 is 10.5 Å². The number of rotatable bonds is 5. The van der Waals surface area contributed by atoms with E-state index in [2.05, 4.69) is 64.9 Å². The van der Waals surface area contributed by atoms with Crippen molar-refractivity contribution in [1.82, 2.24) is 24.2 Å². The van der Waals surface area contributed by atoms with Crippen molar-refractivity contribution in [2.75, 3.05) is 18.0 Å². The highest BCUT2D eigenvalue weighted by atomic mass is 32.1. The largest absolute Gasteiger partial charge is 0.364 e. The van der Waals surface area contributed by atoms with Crippen LogP contribution in [-0.4, -0.2) is 49.4 Å². The highest BCUT2D eigenvalue weighted by Gasteiger charge is 2.35. The maximum Gasteiger partial charge on any atom is 0.252 e. The first-order valence-corrected chi connectivity index (χ1v) is 12.6. The van der Waals surface area contributed by atoms with Gasteiger partial charge in [0.25, 0.3) is 5.56 Å². The summed E-state index contributed by atoms with van der Waals surface area (Å²) >= 11 is 1.68. The Morgan fingerprint density at radius 1 is 1.29 bits per heavy atom. The van der Waals surface area contributed by atoms with Gasteiger partial charge in [-0.1, -0.05) is 13.0 Å². The zero-order valence-corrected chi connectivity index (χ0v) is 20.8. The summed E-state index contributed by atoms with van der Waals surface area (Å²) in [5, 5.41) is 13.8. The Morgan fingerprint density at radius 2 is 2.12 bits per heavy atom. The monoisotopic (exact) mass is 475 g/mol. The molecule has 8 nitrogen and oxygen atoms in total. The molecule has 1 aliphatic heterocycles. The van der Waals surface area contributed by atoms with Crippen molar-refractivity contribution in [3.63, 3.8) is 0 Å². The maximum atomic E-state index is 12.8. The van der Waals surface area contributed by atoms with Gasteiger partial charge in [-0.2, -0.15) is 10.4 Å². The average molecular weight is 476 g/mol. The lowest BCUT2D eigenvalue weighted by Crippen LogP contribution is -2.58. The minimum Gasteiger partial charge on any atom is -0.364 e. The van der Waals surface area contributed by atoms with Gasteiger partial charge in [0.1, 0.15) is 12.1 Å². The summed E-state index contributed by atoms with van der Waals surface area (Å²) in [4.78, 5) is 22.1. The number of nitriles is 1. The predicted molar refractivity (Wildman–Crippen MR) is 136 cm³/mol. The predicted octanol–water partition coefficient (Wildman–Crippen LogP) is 3.92. The second kappa shape index (κ2) is 8.85. The number of pyridine rings is 1. The lowest BCUT2D eigenvalue weighted by Gasteiger charge is -2.48. The lowest BCUT2D eigenvalue weighted by atomic mass is 9.98. The first kappa shape index (κ1) is 22.6. The van der Waals surface area contributed by atoms with Crippen LogP contribution in [0.25, 0.3) is 21.3 Å². The third kappa shape index (κ3) is 3.77. The van der Waals surface area contributed by atoms with E-state index in [9.17, 15) is 4.79 Å². The summed E-state index contributed by atoms with van der Waals surface area (Å²) < 4.78 is 4.44. The van der Waals surface area contributed by atoms with Crippen molar-refractivity contribution in [2.45, 2.75) is 51.9 Å². The van der Waals surface area contributed by atoms with Gasteiger partial charge in [-0.25, -0.2) is 4.98 Å². The summed E-state index contributed by atoms with van der Waals surface area (Å²) in [6, 6.07) is 11.2. The van der Waals surface area contributed by atoms with E-state index >= 15 is 0 Å². The molecule has 4 heterocycles. The van der Waals surface area contributed by atoms with Crippen LogP contribution in [0.15, 0.2) is 40.8 Å². The smallest absolute Gasteiger partial charge is 0.252 e. The number of thiazole rings is 1. The highest BCUT2D eigenvalue weighted by Crippen LogP contribution is 2.34. The van der Waals surface area contributed by atoms with Gasteiger partial charge in [-0.15, -0.1) is 11.3 Å². The lowest BCUT2D eigenvalue weighted by molar-refractivity contribution is 0.106. The molecule has 176 valence electrons. The molecule has 1 aromatic carbocycles.